The minimum atomic E-state index is -0.328. The van der Waals surface area contributed by atoms with Gasteiger partial charge in [0.15, 0.2) is 11.5 Å². The Hall–Kier alpha value is -1.75. The summed E-state index contributed by atoms with van der Waals surface area (Å²) in [7, 11) is 0. The molecule has 24 heavy (non-hydrogen) atoms. The van der Waals surface area contributed by atoms with Crippen LogP contribution in [0.5, 0.6) is 11.5 Å². The molecule has 1 aromatic rings. The van der Waals surface area contributed by atoms with Crippen molar-refractivity contribution in [3.05, 3.63) is 23.8 Å². The first-order valence-corrected chi connectivity index (χ1v) is 8.83. The van der Waals surface area contributed by atoms with E-state index in [-0.39, 0.29) is 23.3 Å². The van der Waals surface area contributed by atoms with Crippen LogP contribution in [0.1, 0.15) is 45.1 Å². The number of rotatable bonds is 6. The second-order valence-electron chi connectivity index (χ2n) is 7.70. The lowest BCUT2D eigenvalue weighted by atomic mass is 9.90. The van der Waals surface area contributed by atoms with Crippen LogP contribution in [0.2, 0.25) is 0 Å². The quantitative estimate of drug-likeness (QED) is 0.839. The molecule has 3 rings (SSSR count). The van der Waals surface area contributed by atoms with Crippen molar-refractivity contribution in [1.29, 1.82) is 0 Å². The number of hydrogen-bond donors (Lipinski definition) is 2. The minimum absolute atomic E-state index is 0.0330. The molecule has 1 aliphatic heterocycles. The Bertz CT molecular complexity index is 617. The van der Waals surface area contributed by atoms with Gasteiger partial charge in [0.25, 0.3) is 0 Å². The number of nitrogens with one attached hydrogen (secondary N) is 1. The normalized spacial score (nSPS) is 24.4. The highest BCUT2D eigenvalue weighted by atomic mass is 16.6. The molecule has 0 radical (unpaired) electrons. The van der Waals surface area contributed by atoms with Gasteiger partial charge in [-0.25, -0.2) is 0 Å². The maximum Gasteiger partial charge on any atom is 0.224 e. The number of ether oxygens (including phenoxy) is 2. The molecule has 2 aliphatic rings. The topological polar surface area (TPSA) is 73.6 Å². The SMILES string of the molecule is CC(C)CC(C)(CN)NC(=O)C1CC1c1ccc2c(c1)OCCO2. The van der Waals surface area contributed by atoms with Crippen molar-refractivity contribution in [2.45, 2.75) is 45.1 Å². The summed E-state index contributed by atoms with van der Waals surface area (Å²) in [6, 6.07) is 6.00. The van der Waals surface area contributed by atoms with Crippen LogP contribution in [0.4, 0.5) is 0 Å². The highest BCUT2D eigenvalue weighted by Gasteiger charge is 2.45. The monoisotopic (exact) mass is 332 g/mol. The van der Waals surface area contributed by atoms with Crippen molar-refractivity contribution in [3.63, 3.8) is 0 Å². The van der Waals surface area contributed by atoms with Crippen LogP contribution < -0.4 is 20.5 Å². The summed E-state index contributed by atoms with van der Waals surface area (Å²) in [5.74, 6) is 2.48. The summed E-state index contributed by atoms with van der Waals surface area (Å²) in [5.41, 5.74) is 6.72. The maximum atomic E-state index is 12.6. The lowest BCUT2D eigenvalue weighted by Crippen LogP contribution is -2.52. The van der Waals surface area contributed by atoms with Gasteiger partial charge in [-0.2, -0.15) is 0 Å². The highest BCUT2D eigenvalue weighted by Crippen LogP contribution is 2.49. The van der Waals surface area contributed by atoms with E-state index in [4.69, 9.17) is 15.2 Å². The van der Waals surface area contributed by atoms with Crippen molar-refractivity contribution in [1.82, 2.24) is 5.32 Å². The first kappa shape index (κ1) is 17.1. The van der Waals surface area contributed by atoms with Crippen molar-refractivity contribution >= 4 is 5.91 Å². The van der Waals surface area contributed by atoms with E-state index in [1.165, 1.54) is 0 Å². The molecule has 0 bridgehead atoms. The number of benzene rings is 1. The molecule has 5 heteroatoms. The molecule has 0 aromatic heterocycles. The minimum Gasteiger partial charge on any atom is -0.486 e. The molecule has 3 atom stereocenters. The average Bonchev–Trinajstić information content (AvgIpc) is 3.34. The molecule has 1 saturated carbocycles. The van der Waals surface area contributed by atoms with E-state index >= 15 is 0 Å². The molecule has 1 heterocycles. The van der Waals surface area contributed by atoms with Crippen molar-refractivity contribution in [2.75, 3.05) is 19.8 Å². The first-order chi connectivity index (χ1) is 11.4. The summed E-state index contributed by atoms with van der Waals surface area (Å²) in [6.45, 7) is 7.96. The van der Waals surface area contributed by atoms with Crippen LogP contribution in [-0.2, 0) is 4.79 Å². The largest absolute Gasteiger partial charge is 0.486 e. The Morgan fingerprint density at radius 1 is 1.33 bits per heavy atom. The predicted molar refractivity (Wildman–Crippen MR) is 93.3 cm³/mol. The highest BCUT2D eigenvalue weighted by molar-refractivity contribution is 5.83. The molecule has 0 spiro atoms. The van der Waals surface area contributed by atoms with Gasteiger partial charge in [-0.1, -0.05) is 19.9 Å². The third-order valence-corrected chi connectivity index (χ3v) is 4.86. The van der Waals surface area contributed by atoms with E-state index in [1.807, 2.05) is 25.1 Å². The number of carbonyl (C=O) groups excluding carboxylic acids is 1. The third kappa shape index (κ3) is 3.66. The Kier molecular flexibility index (Phi) is 4.72. The number of carbonyl (C=O) groups is 1. The van der Waals surface area contributed by atoms with Crippen LogP contribution in [0, 0.1) is 11.8 Å². The Morgan fingerprint density at radius 2 is 2.04 bits per heavy atom. The third-order valence-electron chi connectivity index (χ3n) is 4.86. The summed E-state index contributed by atoms with van der Waals surface area (Å²) in [5, 5.41) is 3.18. The molecule has 1 fully saturated rings. The van der Waals surface area contributed by atoms with Gasteiger partial charge in [0.2, 0.25) is 5.91 Å². The number of hydrogen-bond acceptors (Lipinski definition) is 4. The summed E-state index contributed by atoms with van der Waals surface area (Å²) in [6.07, 6.45) is 1.77. The zero-order chi connectivity index (χ0) is 17.3. The van der Waals surface area contributed by atoms with Crippen molar-refractivity contribution < 1.29 is 14.3 Å². The average molecular weight is 332 g/mol. The van der Waals surface area contributed by atoms with Crippen LogP contribution in [0.3, 0.4) is 0 Å². The second-order valence-corrected chi connectivity index (χ2v) is 7.70. The van der Waals surface area contributed by atoms with E-state index in [9.17, 15) is 4.79 Å². The van der Waals surface area contributed by atoms with Crippen LogP contribution >= 0.6 is 0 Å². The van der Waals surface area contributed by atoms with Gasteiger partial charge >= 0.3 is 0 Å². The zero-order valence-electron chi connectivity index (χ0n) is 14.8. The molecule has 3 unspecified atom stereocenters. The molecule has 3 N–H and O–H groups in total. The van der Waals surface area contributed by atoms with Crippen LogP contribution in [0.25, 0.3) is 0 Å². The molecule has 5 nitrogen and oxygen atoms in total. The summed E-state index contributed by atoms with van der Waals surface area (Å²) < 4.78 is 11.2. The van der Waals surface area contributed by atoms with Crippen molar-refractivity contribution in [3.8, 4) is 11.5 Å². The van der Waals surface area contributed by atoms with E-state index in [0.29, 0.717) is 25.7 Å². The predicted octanol–water partition coefficient (Wildman–Crippen LogP) is 2.44. The maximum absolute atomic E-state index is 12.6. The molecular formula is C19H28N2O3. The lowest BCUT2D eigenvalue weighted by Gasteiger charge is -2.31. The van der Waals surface area contributed by atoms with Crippen LogP contribution in [0.15, 0.2) is 18.2 Å². The Morgan fingerprint density at radius 3 is 2.71 bits per heavy atom. The standard InChI is InChI=1S/C19H28N2O3/c1-12(2)10-19(3,11-20)21-18(22)15-9-14(15)13-4-5-16-17(8-13)24-7-6-23-16/h4-5,8,12,14-15H,6-7,9-11,20H2,1-3H3,(H,21,22). The van der Waals surface area contributed by atoms with Gasteiger partial charge in [0.1, 0.15) is 13.2 Å². The van der Waals surface area contributed by atoms with Gasteiger partial charge in [-0.15, -0.1) is 0 Å². The van der Waals surface area contributed by atoms with E-state index in [1.54, 1.807) is 0 Å². The van der Waals surface area contributed by atoms with Crippen LogP contribution in [-0.4, -0.2) is 31.2 Å². The molecule has 1 aliphatic carbocycles. The van der Waals surface area contributed by atoms with Crippen molar-refractivity contribution in [2.24, 2.45) is 17.6 Å². The van der Waals surface area contributed by atoms with Gasteiger partial charge < -0.3 is 20.5 Å². The smallest absolute Gasteiger partial charge is 0.224 e. The fourth-order valence-corrected chi connectivity index (χ4v) is 3.62. The molecule has 132 valence electrons. The lowest BCUT2D eigenvalue weighted by molar-refractivity contribution is -0.124. The Labute approximate surface area is 143 Å². The second kappa shape index (κ2) is 6.63. The number of amides is 1. The van der Waals surface area contributed by atoms with E-state index in [0.717, 1.165) is 29.9 Å². The van der Waals surface area contributed by atoms with Gasteiger partial charge in [0, 0.05) is 18.0 Å². The van der Waals surface area contributed by atoms with Gasteiger partial charge in [-0.05, 0) is 49.3 Å². The first-order valence-electron chi connectivity index (χ1n) is 8.83. The number of nitrogens with two attached hydrogens (primary N) is 1. The zero-order valence-corrected chi connectivity index (χ0v) is 14.8. The van der Waals surface area contributed by atoms with E-state index < -0.39 is 0 Å². The summed E-state index contributed by atoms with van der Waals surface area (Å²) >= 11 is 0. The van der Waals surface area contributed by atoms with E-state index in [2.05, 4.69) is 19.2 Å². The summed E-state index contributed by atoms with van der Waals surface area (Å²) in [4.78, 5) is 12.6. The van der Waals surface area contributed by atoms with Gasteiger partial charge in [0.05, 0.1) is 0 Å². The fourth-order valence-electron chi connectivity index (χ4n) is 3.62. The fraction of sp³-hybridized carbons (Fsp3) is 0.632. The Balaban J connectivity index is 1.63. The number of fused-ring (bicyclic) bond motifs is 1. The molecule has 1 aromatic carbocycles. The molecule has 0 saturated heterocycles. The molecular weight excluding hydrogens is 304 g/mol. The molecule has 1 amide bonds. The van der Waals surface area contributed by atoms with Gasteiger partial charge in [-0.3, -0.25) is 4.79 Å².